The van der Waals surface area contributed by atoms with Gasteiger partial charge < -0.3 is 24.9 Å². The quantitative estimate of drug-likeness (QED) is 0.279. The molecule has 0 saturated heterocycles. The molecule has 3 N–H and O–H groups in total. The number of carbonyl (C=O) groups is 1. The number of anilines is 1. The maximum Gasteiger partial charge on any atom is 0.251 e. The Bertz CT molecular complexity index is 1770. The number of nitrogens with zero attached hydrogens (tertiary/aromatic N) is 2. The number of furan rings is 2. The Morgan fingerprint density at radius 1 is 0.946 bits per heavy atom. The topological polar surface area (TPSA) is 112 Å². The van der Waals surface area contributed by atoms with Gasteiger partial charge in [0.1, 0.15) is 28.5 Å². The van der Waals surface area contributed by atoms with E-state index in [1.165, 1.54) is 0 Å². The van der Waals surface area contributed by atoms with E-state index >= 15 is 0 Å². The maximum absolute atomic E-state index is 13.0. The van der Waals surface area contributed by atoms with E-state index in [2.05, 4.69) is 15.3 Å². The summed E-state index contributed by atoms with van der Waals surface area (Å²) >= 11 is 0. The minimum atomic E-state index is -0.170. The average Bonchev–Trinajstić information content (AvgIpc) is 3.45. The van der Waals surface area contributed by atoms with Gasteiger partial charge in [-0.15, -0.1) is 0 Å². The molecule has 4 heterocycles. The van der Waals surface area contributed by atoms with E-state index in [9.17, 15) is 4.79 Å². The van der Waals surface area contributed by atoms with Crippen LogP contribution in [0.2, 0.25) is 0 Å². The van der Waals surface area contributed by atoms with Crippen LogP contribution in [0.25, 0.3) is 32.7 Å². The van der Waals surface area contributed by atoms with E-state index < -0.39 is 0 Å². The van der Waals surface area contributed by atoms with Crippen molar-refractivity contribution in [3.8, 4) is 17.4 Å². The van der Waals surface area contributed by atoms with Gasteiger partial charge in [0.15, 0.2) is 0 Å². The Morgan fingerprint density at radius 2 is 1.68 bits per heavy atom. The Labute approximate surface area is 212 Å². The Balaban J connectivity index is 1.29. The van der Waals surface area contributed by atoms with Gasteiger partial charge in [-0.25, -0.2) is 9.97 Å². The van der Waals surface area contributed by atoms with Crippen molar-refractivity contribution in [3.63, 3.8) is 0 Å². The molecule has 0 spiro atoms. The summed E-state index contributed by atoms with van der Waals surface area (Å²) in [6.45, 7) is 4.22. The second-order valence-corrected chi connectivity index (χ2v) is 8.98. The van der Waals surface area contributed by atoms with Gasteiger partial charge in [0.2, 0.25) is 5.88 Å². The number of nitrogen functional groups attached to an aromatic ring is 1. The predicted molar refractivity (Wildman–Crippen MR) is 143 cm³/mol. The fourth-order valence-corrected chi connectivity index (χ4v) is 4.77. The van der Waals surface area contributed by atoms with Crippen LogP contribution in [0.15, 0.2) is 65.2 Å². The number of ether oxygens (including phenoxy) is 2. The summed E-state index contributed by atoms with van der Waals surface area (Å²) in [5, 5.41) is 6.80. The first-order chi connectivity index (χ1) is 17.9. The number of nitrogens with one attached hydrogen (secondary N) is 1. The van der Waals surface area contributed by atoms with E-state index in [-0.39, 0.29) is 5.91 Å². The summed E-state index contributed by atoms with van der Waals surface area (Å²) in [5.41, 5.74) is 10.7. The highest BCUT2D eigenvalue weighted by molar-refractivity contribution is 6.26. The highest BCUT2D eigenvalue weighted by atomic mass is 16.5. The van der Waals surface area contributed by atoms with Crippen molar-refractivity contribution in [2.45, 2.75) is 20.4 Å². The lowest BCUT2D eigenvalue weighted by molar-refractivity contribution is 0.0951. The molecule has 0 unspecified atom stereocenters. The van der Waals surface area contributed by atoms with Crippen LogP contribution in [0.1, 0.15) is 27.2 Å². The minimum absolute atomic E-state index is 0.170. The molecule has 0 aliphatic rings. The lowest BCUT2D eigenvalue weighted by Gasteiger charge is -2.11. The SMILES string of the molecule is COc1ccc(Oc2ccc3c(c2)c2oc3c3ccc(C(=O)NCc4c(C)cc(N)nc4C)cc32)cn1. The van der Waals surface area contributed by atoms with Crippen LogP contribution in [0.5, 0.6) is 17.4 Å². The van der Waals surface area contributed by atoms with Crippen LogP contribution in [0, 0.1) is 13.8 Å². The summed E-state index contributed by atoms with van der Waals surface area (Å²) in [7, 11) is 1.57. The second kappa shape index (κ2) is 8.67. The Kier molecular flexibility index (Phi) is 5.30. The molecular weight excluding hydrogens is 468 g/mol. The number of amides is 1. The zero-order valence-corrected chi connectivity index (χ0v) is 20.6. The fourth-order valence-electron chi connectivity index (χ4n) is 4.77. The van der Waals surface area contributed by atoms with Gasteiger partial charge in [-0.05, 0) is 73.5 Å². The van der Waals surface area contributed by atoms with E-state index in [0.29, 0.717) is 35.3 Å². The zero-order valence-electron chi connectivity index (χ0n) is 20.6. The van der Waals surface area contributed by atoms with Gasteiger partial charge in [0.25, 0.3) is 5.91 Å². The molecule has 184 valence electrons. The minimum Gasteiger partial charge on any atom is -0.481 e. The molecule has 6 aromatic rings. The first kappa shape index (κ1) is 22.6. The van der Waals surface area contributed by atoms with Gasteiger partial charge in [0.05, 0.1) is 13.3 Å². The van der Waals surface area contributed by atoms with Crippen molar-refractivity contribution in [2.24, 2.45) is 0 Å². The number of aryl methyl sites for hydroxylation is 2. The number of hydrogen-bond acceptors (Lipinski definition) is 7. The van der Waals surface area contributed by atoms with Crippen LogP contribution in [-0.4, -0.2) is 23.0 Å². The van der Waals surface area contributed by atoms with Gasteiger partial charge in [-0.2, -0.15) is 0 Å². The molecule has 0 saturated carbocycles. The van der Waals surface area contributed by atoms with Gasteiger partial charge in [-0.3, -0.25) is 4.79 Å². The van der Waals surface area contributed by atoms with Gasteiger partial charge in [-0.1, -0.05) is 0 Å². The summed E-state index contributed by atoms with van der Waals surface area (Å²) in [5.74, 6) is 2.08. The summed E-state index contributed by atoms with van der Waals surface area (Å²) in [6, 6.07) is 16.8. The highest BCUT2D eigenvalue weighted by Gasteiger charge is 2.20. The molecular formula is C29H24N4O4. The standard InChI is InChI=1S/C29H24N4O4/c1-15-10-25(30)33-16(2)24(15)14-32-29(34)17-4-7-20-22(11-17)28-23-12-18(5-8-21(23)27(20)37-28)36-19-6-9-26(35-3)31-13-19/h4-13H,14H2,1-3H3,(H2,30,33)(H,32,34). The Morgan fingerprint density at radius 3 is 2.41 bits per heavy atom. The lowest BCUT2D eigenvalue weighted by Crippen LogP contribution is -2.24. The molecule has 4 aromatic heterocycles. The molecule has 1 amide bonds. The number of nitrogens with two attached hydrogens (primary N) is 1. The largest absolute Gasteiger partial charge is 0.481 e. The number of aromatic nitrogens is 2. The van der Waals surface area contributed by atoms with Gasteiger partial charge >= 0.3 is 0 Å². The van der Waals surface area contributed by atoms with Crippen LogP contribution in [-0.2, 0) is 6.54 Å². The molecule has 37 heavy (non-hydrogen) atoms. The monoisotopic (exact) mass is 492 g/mol. The number of pyridine rings is 2. The third-order valence-electron chi connectivity index (χ3n) is 6.61. The zero-order chi connectivity index (χ0) is 25.7. The number of rotatable bonds is 6. The number of fused-ring (bicyclic) bond motifs is 8. The maximum atomic E-state index is 13.0. The molecule has 0 fully saturated rings. The smallest absolute Gasteiger partial charge is 0.251 e. The molecule has 0 aliphatic carbocycles. The molecule has 6 rings (SSSR count). The third-order valence-corrected chi connectivity index (χ3v) is 6.61. The number of benzene rings is 3. The Hall–Kier alpha value is -4.85. The molecule has 8 heteroatoms. The normalized spacial score (nSPS) is 11.4. The number of hydrogen-bond donors (Lipinski definition) is 2. The molecule has 0 atom stereocenters. The van der Waals surface area contributed by atoms with Crippen LogP contribution >= 0.6 is 0 Å². The molecule has 2 aromatic carbocycles. The van der Waals surface area contributed by atoms with Crippen molar-refractivity contribution in [1.29, 1.82) is 0 Å². The van der Waals surface area contributed by atoms with Crippen molar-refractivity contribution >= 4 is 44.4 Å². The molecule has 0 aliphatic heterocycles. The van der Waals surface area contributed by atoms with Crippen molar-refractivity contribution < 1.29 is 18.7 Å². The number of methoxy groups -OCH3 is 1. The van der Waals surface area contributed by atoms with E-state index in [4.69, 9.17) is 19.6 Å². The van der Waals surface area contributed by atoms with Crippen molar-refractivity contribution in [2.75, 3.05) is 12.8 Å². The third kappa shape index (κ3) is 3.92. The van der Waals surface area contributed by atoms with Gasteiger partial charge in [0, 0.05) is 45.4 Å². The van der Waals surface area contributed by atoms with Crippen LogP contribution in [0.4, 0.5) is 5.82 Å². The summed E-state index contributed by atoms with van der Waals surface area (Å²) in [6.07, 6.45) is 1.61. The average molecular weight is 493 g/mol. The molecule has 8 nitrogen and oxygen atoms in total. The van der Waals surface area contributed by atoms with Crippen molar-refractivity contribution in [3.05, 3.63) is 83.2 Å². The van der Waals surface area contributed by atoms with Crippen molar-refractivity contribution in [1.82, 2.24) is 15.3 Å². The highest BCUT2D eigenvalue weighted by Crippen LogP contribution is 2.42. The molecule has 2 bridgehead atoms. The van der Waals surface area contributed by atoms with Crippen LogP contribution in [0.3, 0.4) is 0 Å². The van der Waals surface area contributed by atoms with E-state index in [0.717, 1.165) is 49.5 Å². The first-order valence-electron chi connectivity index (χ1n) is 11.8. The first-order valence-corrected chi connectivity index (χ1v) is 11.8. The van der Waals surface area contributed by atoms with E-state index in [1.54, 1.807) is 25.4 Å². The molecule has 0 radical (unpaired) electrons. The summed E-state index contributed by atoms with van der Waals surface area (Å²) in [4.78, 5) is 21.5. The lowest BCUT2D eigenvalue weighted by atomic mass is 10.0. The predicted octanol–water partition coefficient (Wildman–Crippen LogP) is 5.90. The number of carbonyl (C=O) groups excluding carboxylic acids is 1. The second-order valence-electron chi connectivity index (χ2n) is 8.98. The van der Waals surface area contributed by atoms with E-state index in [1.807, 2.05) is 56.3 Å². The summed E-state index contributed by atoms with van der Waals surface area (Å²) < 4.78 is 17.2. The fraction of sp³-hybridized carbons (Fsp3) is 0.138. The van der Waals surface area contributed by atoms with Crippen LogP contribution < -0.4 is 20.5 Å².